The molecule has 28 heavy (non-hydrogen) atoms. The minimum Gasteiger partial charge on any atom is -0.452 e. The van der Waals surface area contributed by atoms with Crippen LogP contribution in [0.2, 0.25) is 0 Å². The van der Waals surface area contributed by atoms with Gasteiger partial charge >= 0.3 is 6.09 Å². The Morgan fingerprint density at radius 1 is 1.04 bits per heavy atom. The van der Waals surface area contributed by atoms with E-state index in [-0.39, 0.29) is 16.8 Å². The van der Waals surface area contributed by atoms with Crippen LogP contribution in [0.1, 0.15) is 13.8 Å². The fourth-order valence-electron chi connectivity index (χ4n) is 3.46. The van der Waals surface area contributed by atoms with E-state index in [1.165, 1.54) is 18.9 Å². The summed E-state index contributed by atoms with van der Waals surface area (Å²) in [7, 11) is -1.96. The lowest BCUT2D eigenvalue weighted by atomic mass is 10.0. The lowest BCUT2D eigenvalue weighted by molar-refractivity contribution is -0.117. The van der Waals surface area contributed by atoms with Crippen molar-refractivity contribution in [3.63, 3.8) is 0 Å². The monoisotopic (exact) mass is 402 g/mol. The fourth-order valence-corrected chi connectivity index (χ4v) is 4.09. The molecular weight excluding hydrogens is 380 g/mol. The summed E-state index contributed by atoms with van der Waals surface area (Å²) in [5.41, 5.74) is 2.80. The first kappa shape index (κ1) is 19.9. The van der Waals surface area contributed by atoms with Crippen LogP contribution >= 0.6 is 0 Å². The van der Waals surface area contributed by atoms with Gasteiger partial charge in [0.2, 0.25) is 5.91 Å². The molecule has 2 aromatic carbocycles. The quantitative estimate of drug-likeness (QED) is 0.771. The van der Waals surface area contributed by atoms with Crippen molar-refractivity contribution in [2.24, 2.45) is 0 Å². The number of methoxy groups -OCH3 is 1. The first-order valence-electron chi connectivity index (χ1n) is 8.73. The highest BCUT2D eigenvalue weighted by Crippen LogP contribution is 2.39. The van der Waals surface area contributed by atoms with E-state index in [0.29, 0.717) is 17.9 Å². The van der Waals surface area contributed by atoms with E-state index in [1.54, 1.807) is 35.2 Å². The summed E-state index contributed by atoms with van der Waals surface area (Å²) in [6.45, 7) is 3.68. The molecule has 0 bridgehead atoms. The summed E-state index contributed by atoms with van der Waals surface area (Å²) in [6.07, 6.45) is 0.660. The Morgan fingerprint density at radius 2 is 1.64 bits per heavy atom. The molecule has 0 saturated heterocycles. The number of sulfone groups is 1. The van der Waals surface area contributed by atoms with Crippen LogP contribution in [0.3, 0.4) is 0 Å². The Hall–Kier alpha value is -2.87. The minimum atomic E-state index is -3.28. The van der Waals surface area contributed by atoms with Crippen molar-refractivity contribution in [3.8, 4) is 11.1 Å². The van der Waals surface area contributed by atoms with Crippen molar-refractivity contribution in [2.75, 3.05) is 29.7 Å². The van der Waals surface area contributed by atoms with E-state index < -0.39 is 15.9 Å². The number of ether oxygens (including phenoxy) is 1. The standard InChI is InChI=1S/C20H22N2O5S/c1-13-12-21(20(24)27-3)19-11-16(7-10-18(19)22(13)14(2)23)15-5-8-17(9-6-15)28(4,25)26/h5-11,13H,12H2,1-4H3. The molecule has 1 heterocycles. The molecule has 1 aliphatic heterocycles. The molecular formula is C20H22N2O5S. The van der Waals surface area contributed by atoms with Crippen molar-refractivity contribution in [3.05, 3.63) is 42.5 Å². The number of carbonyl (C=O) groups is 2. The van der Waals surface area contributed by atoms with Crippen LogP contribution in [0.25, 0.3) is 11.1 Å². The van der Waals surface area contributed by atoms with E-state index in [0.717, 1.165) is 17.4 Å². The minimum absolute atomic E-state index is 0.108. The largest absolute Gasteiger partial charge is 0.452 e. The van der Waals surface area contributed by atoms with Gasteiger partial charge in [-0.15, -0.1) is 0 Å². The van der Waals surface area contributed by atoms with Crippen LogP contribution in [0.15, 0.2) is 47.4 Å². The Labute approximate surface area is 164 Å². The van der Waals surface area contributed by atoms with E-state index in [1.807, 2.05) is 19.1 Å². The summed E-state index contributed by atoms with van der Waals surface area (Å²) < 4.78 is 28.2. The van der Waals surface area contributed by atoms with Crippen molar-refractivity contribution in [2.45, 2.75) is 24.8 Å². The third-order valence-electron chi connectivity index (χ3n) is 4.76. The van der Waals surface area contributed by atoms with E-state index >= 15 is 0 Å². The summed E-state index contributed by atoms with van der Waals surface area (Å²) in [6, 6.07) is 11.8. The SMILES string of the molecule is COC(=O)N1CC(C)N(C(C)=O)c2ccc(-c3ccc(S(C)(=O)=O)cc3)cc21. The number of fused-ring (bicyclic) bond motifs is 1. The normalized spacial score (nSPS) is 16.5. The van der Waals surface area contributed by atoms with Gasteiger partial charge in [0.05, 0.1) is 29.4 Å². The molecule has 0 fully saturated rings. The van der Waals surface area contributed by atoms with Gasteiger partial charge < -0.3 is 9.64 Å². The van der Waals surface area contributed by atoms with Crippen molar-refractivity contribution in [1.82, 2.24) is 0 Å². The van der Waals surface area contributed by atoms with Crippen LogP contribution in [-0.4, -0.2) is 46.4 Å². The highest BCUT2D eigenvalue weighted by molar-refractivity contribution is 7.90. The topological polar surface area (TPSA) is 84.0 Å². The first-order valence-corrected chi connectivity index (χ1v) is 10.6. The fraction of sp³-hybridized carbons (Fsp3) is 0.300. The number of amides is 2. The maximum Gasteiger partial charge on any atom is 0.414 e. The second-order valence-corrected chi connectivity index (χ2v) is 8.83. The van der Waals surface area contributed by atoms with Gasteiger partial charge in [-0.1, -0.05) is 18.2 Å². The molecule has 0 saturated carbocycles. The summed E-state index contributed by atoms with van der Waals surface area (Å²) in [5.74, 6) is -0.108. The predicted molar refractivity (Wildman–Crippen MR) is 107 cm³/mol. The molecule has 0 aliphatic carbocycles. The molecule has 1 atom stereocenters. The molecule has 1 aliphatic rings. The number of nitrogens with zero attached hydrogens (tertiary/aromatic N) is 2. The maximum atomic E-state index is 12.3. The lowest BCUT2D eigenvalue weighted by Gasteiger charge is -2.40. The summed E-state index contributed by atoms with van der Waals surface area (Å²) >= 11 is 0. The van der Waals surface area contributed by atoms with Gasteiger partial charge in [0.1, 0.15) is 0 Å². The molecule has 3 rings (SSSR count). The molecule has 2 aromatic rings. The number of anilines is 2. The van der Waals surface area contributed by atoms with Crippen molar-refractivity contribution >= 4 is 33.2 Å². The Morgan fingerprint density at radius 3 is 2.18 bits per heavy atom. The molecule has 0 aromatic heterocycles. The molecule has 2 amide bonds. The molecule has 0 N–H and O–H groups in total. The van der Waals surface area contributed by atoms with Crippen LogP contribution in [-0.2, 0) is 19.4 Å². The predicted octanol–water partition coefficient (Wildman–Crippen LogP) is 3.08. The van der Waals surface area contributed by atoms with Gasteiger partial charge in [-0.25, -0.2) is 13.2 Å². The average molecular weight is 402 g/mol. The molecule has 7 nitrogen and oxygen atoms in total. The molecule has 0 spiro atoms. The highest BCUT2D eigenvalue weighted by Gasteiger charge is 2.34. The van der Waals surface area contributed by atoms with Crippen LogP contribution in [0.5, 0.6) is 0 Å². The smallest absolute Gasteiger partial charge is 0.414 e. The Bertz CT molecular complexity index is 1030. The molecule has 1 unspecified atom stereocenters. The van der Waals surface area contributed by atoms with E-state index in [2.05, 4.69) is 0 Å². The number of rotatable bonds is 2. The van der Waals surface area contributed by atoms with E-state index in [4.69, 9.17) is 4.74 Å². The average Bonchev–Trinajstić information content (AvgIpc) is 2.65. The lowest BCUT2D eigenvalue weighted by Crippen LogP contribution is -2.51. The number of benzene rings is 2. The van der Waals surface area contributed by atoms with Gasteiger partial charge in [-0.2, -0.15) is 0 Å². The van der Waals surface area contributed by atoms with Gasteiger partial charge in [-0.05, 0) is 42.3 Å². The summed E-state index contributed by atoms with van der Waals surface area (Å²) in [4.78, 5) is 27.8. The zero-order chi connectivity index (χ0) is 20.6. The third-order valence-corrected chi connectivity index (χ3v) is 5.89. The van der Waals surface area contributed by atoms with Gasteiger partial charge in [0.25, 0.3) is 0 Å². The third kappa shape index (κ3) is 3.60. The molecule has 0 radical (unpaired) electrons. The second-order valence-electron chi connectivity index (χ2n) is 6.82. The molecule has 148 valence electrons. The van der Waals surface area contributed by atoms with Gasteiger partial charge in [0, 0.05) is 19.7 Å². The number of hydrogen-bond acceptors (Lipinski definition) is 5. The summed E-state index contributed by atoms with van der Waals surface area (Å²) in [5, 5.41) is 0. The second kappa shape index (κ2) is 7.27. The highest BCUT2D eigenvalue weighted by atomic mass is 32.2. The van der Waals surface area contributed by atoms with Crippen molar-refractivity contribution < 1.29 is 22.7 Å². The van der Waals surface area contributed by atoms with Crippen LogP contribution in [0.4, 0.5) is 16.2 Å². The first-order chi connectivity index (χ1) is 13.1. The number of carbonyl (C=O) groups excluding carboxylic acids is 2. The van der Waals surface area contributed by atoms with Crippen LogP contribution in [0, 0.1) is 0 Å². The molecule has 8 heteroatoms. The van der Waals surface area contributed by atoms with E-state index in [9.17, 15) is 18.0 Å². The zero-order valence-corrected chi connectivity index (χ0v) is 17.0. The van der Waals surface area contributed by atoms with Crippen LogP contribution < -0.4 is 9.80 Å². The Balaban J connectivity index is 2.10. The Kier molecular flexibility index (Phi) is 5.16. The zero-order valence-electron chi connectivity index (χ0n) is 16.2. The maximum absolute atomic E-state index is 12.3. The van der Waals surface area contributed by atoms with Gasteiger partial charge in [-0.3, -0.25) is 9.69 Å². The van der Waals surface area contributed by atoms with Gasteiger partial charge in [0.15, 0.2) is 9.84 Å². The van der Waals surface area contributed by atoms with Crippen molar-refractivity contribution in [1.29, 1.82) is 0 Å². The number of hydrogen-bond donors (Lipinski definition) is 0.